The lowest BCUT2D eigenvalue weighted by Crippen LogP contribution is -2.54. The summed E-state index contributed by atoms with van der Waals surface area (Å²) in [6.07, 6.45) is -4.20. The molecule has 0 radical (unpaired) electrons. The fourth-order valence-electron chi connectivity index (χ4n) is 1.83. The molecule has 0 saturated heterocycles. The number of hydrogen-bond donors (Lipinski definition) is 1. The van der Waals surface area contributed by atoms with Gasteiger partial charge in [-0.1, -0.05) is 0 Å². The predicted octanol–water partition coefficient (Wildman–Crippen LogP) is 2.66. The summed E-state index contributed by atoms with van der Waals surface area (Å²) in [5, 5.41) is 3.24. The van der Waals surface area contributed by atoms with E-state index in [-0.39, 0.29) is 24.2 Å². The van der Waals surface area contributed by atoms with Crippen LogP contribution in [0.2, 0.25) is 0 Å². The Kier molecular flexibility index (Phi) is 7.32. The molecular formula is C13H27F3N2O. The maximum absolute atomic E-state index is 12.6. The molecule has 0 spiro atoms. The van der Waals surface area contributed by atoms with Gasteiger partial charge in [0, 0.05) is 31.3 Å². The van der Waals surface area contributed by atoms with Gasteiger partial charge in [0.05, 0.1) is 13.2 Å². The van der Waals surface area contributed by atoms with Gasteiger partial charge in [-0.05, 0) is 34.6 Å². The normalized spacial score (nSPS) is 15.3. The molecule has 3 nitrogen and oxygen atoms in total. The van der Waals surface area contributed by atoms with Crippen molar-refractivity contribution >= 4 is 0 Å². The minimum atomic E-state index is -4.20. The van der Waals surface area contributed by atoms with E-state index in [0.717, 1.165) is 0 Å². The molecule has 1 atom stereocenters. The zero-order valence-electron chi connectivity index (χ0n) is 12.8. The third kappa shape index (κ3) is 9.24. The summed E-state index contributed by atoms with van der Waals surface area (Å²) >= 11 is 0. The maximum Gasteiger partial charge on any atom is 0.401 e. The molecule has 0 amide bonds. The van der Waals surface area contributed by atoms with Crippen LogP contribution in [0.25, 0.3) is 0 Å². The Morgan fingerprint density at radius 1 is 1.16 bits per heavy atom. The van der Waals surface area contributed by atoms with Gasteiger partial charge in [0.25, 0.3) is 0 Å². The fraction of sp³-hybridized carbons (Fsp3) is 1.00. The number of ether oxygens (including phenoxy) is 1. The lowest BCUT2D eigenvalue weighted by atomic mass is 10.1. The maximum atomic E-state index is 12.6. The summed E-state index contributed by atoms with van der Waals surface area (Å²) in [4.78, 5) is 1.43. The molecule has 6 heteroatoms. The monoisotopic (exact) mass is 284 g/mol. The van der Waals surface area contributed by atoms with E-state index in [0.29, 0.717) is 6.54 Å². The molecule has 0 rings (SSSR count). The first-order chi connectivity index (χ1) is 8.46. The van der Waals surface area contributed by atoms with Crippen LogP contribution in [0.3, 0.4) is 0 Å². The first kappa shape index (κ1) is 18.7. The van der Waals surface area contributed by atoms with Crippen molar-refractivity contribution in [3.63, 3.8) is 0 Å². The van der Waals surface area contributed by atoms with E-state index < -0.39 is 12.7 Å². The number of alkyl halides is 3. The van der Waals surface area contributed by atoms with E-state index in [1.807, 2.05) is 20.8 Å². The minimum absolute atomic E-state index is 0.132. The molecule has 0 aromatic heterocycles. The molecular weight excluding hydrogens is 257 g/mol. The van der Waals surface area contributed by atoms with Gasteiger partial charge >= 0.3 is 6.18 Å². The van der Waals surface area contributed by atoms with E-state index in [1.54, 1.807) is 13.8 Å². The highest BCUT2D eigenvalue weighted by Gasteiger charge is 2.35. The van der Waals surface area contributed by atoms with Crippen molar-refractivity contribution < 1.29 is 17.9 Å². The molecule has 19 heavy (non-hydrogen) atoms. The first-order valence-corrected chi connectivity index (χ1v) is 6.52. The Morgan fingerprint density at radius 2 is 1.68 bits per heavy atom. The number of nitrogens with zero attached hydrogens (tertiary/aromatic N) is 1. The highest BCUT2D eigenvalue weighted by Crippen LogP contribution is 2.20. The molecule has 0 aromatic carbocycles. The number of rotatable bonds is 7. The van der Waals surface area contributed by atoms with Gasteiger partial charge in [-0.2, -0.15) is 13.2 Å². The highest BCUT2D eigenvalue weighted by molar-refractivity contribution is 4.82. The number of halogens is 3. The Labute approximate surface area is 114 Å². The van der Waals surface area contributed by atoms with Crippen LogP contribution < -0.4 is 5.32 Å². The average molecular weight is 284 g/mol. The minimum Gasteiger partial charge on any atom is -0.383 e. The summed E-state index contributed by atoms with van der Waals surface area (Å²) in [6.45, 7) is 9.32. The Bertz CT molecular complexity index is 249. The molecule has 0 bridgehead atoms. The zero-order chi connectivity index (χ0) is 15.3. The van der Waals surface area contributed by atoms with Crippen LogP contribution in [0.5, 0.6) is 0 Å². The molecule has 0 aliphatic carbocycles. The van der Waals surface area contributed by atoms with Crippen molar-refractivity contribution in [2.24, 2.45) is 0 Å². The summed E-state index contributed by atoms with van der Waals surface area (Å²) in [7, 11) is 1.51. The van der Waals surface area contributed by atoms with Gasteiger partial charge in [0.2, 0.25) is 0 Å². The van der Waals surface area contributed by atoms with Gasteiger partial charge in [0.15, 0.2) is 0 Å². The van der Waals surface area contributed by atoms with Crippen LogP contribution >= 0.6 is 0 Å². The van der Waals surface area contributed by atoms with Crippen molar-refractivity contribution in [1.82, 2.24) is 10.2 Å². The van der Waals surface area contributed by atoms with E-state index in [1.165, 1.54) is 12.0 Å². The van der Waals surface area contributed by atoms with Crippen molar-refractivity contribution in [3.05, 3.63) is 0 Å². The molecule has 0 aromatic rings. The summed E-state index contributed by atoms with van der Waals surface area (Å²) in [5.41, 5.74) is -0.132. The lowest BCUT2D eigenvalue weighted by molar-refractivity contribution is -0.157. The predicted molar refractivity (Wildman–Crippen MR) is 71.3 cm³/mol. The van der Waals surface area contributed by atoms with Gasteiger partial charge in [-0.3, -0.25) is 4.90 Å². The molecule has 0 aliphatic heterocycles. The Balaban J connectivity index is 4.76. The standard InChI is InChI=1S/C13H27F3N2O/c1-10(2)18(9-13(14,15)16)11(8-19-6)7-17-12(3,4)5/h10-11,17H,7-9H2,1-6H3. The quantitative estimate of drug-likeness (QED) is 0.778. The summed E-state index contributed by atoms with van der Waals surface area (Å²) in [6, 6.07) is -0.491. The van der Waals surface area contributed by atoms with Crippen LogP contribution in [0, 0.1) is 0 Å². The van der Waals surface area contributed by atoms with Crippen molar-refractivity contribution in [3.8, 4) is 0 Å². The largest absolute Gasteiger partial charge is 0.401 e. The zero-order valence-corrected chi connectivity index (χ0v) is 12.8. The van der Waals surface area contributed by atoms with Gasteiger partial charge in [0.1, 0.15) is 0 Å². The second-order valence-corrected chi connectivity index (χ2v) is 6.12. The first-order valence-electron chi connectivity index (χ1n) is 6.52. The smallest absolute Gasteiger partial charge is 0.383 e. The van der Waals surface area contributed by atoms with Crippen LogP contribution in [0.4, 0.5) is 13.2 Å². The van der Waals surface area contributed by atoms with Gasteiger partial charge < -0.3 is 10.1 Å². The van der Waals surface area contributed by atoms with E-state index in [9.17, 15) is 13.2 Å². The molecule has 116 valence electrons. The van der Waals surface area contributed by atoms with E-state index >= 15 is 0 Å². The second kappa shape index (κ2) is 7.45. The molecule has 0 aliphatic rings. The topological polar surface area (TPSA) is 24.5 Å². The number of hydrogen-bond acceptors (Lipinski definition) is 3. The average Bonchev–Trinajstić information content (AvgIpc) is 2.18. The SMILES string of the molecule is COCC(CNC(C)(C)C)N(CC(F)(F)F)C(C)C. The lowest BCUT2D eigenvalue weighted by Gasteiger charge is -2.36. The molecule has 0 fully saturated rings. The Hall–Kier alpha value is -0.330. The third-order valence-electron chi connectivity index (χ3n) is 2.72. The van der Waals surface area contributed by atoms with Crippen LogP contribution in [0.1, 0.15) is 34.6 Å². The van der Waals surface area contributed by atoms with Gasteiger partial charge in [-0.25, -0.2) is 0 Å². The number of methoxy groups -OCH3 is 1. The summed E-state index contributed by atoms with van der Waals surface area (Å²) in [5.74, 6) is 0. The van der Waals surface area contributed by atoms with E-state index in [2.05, 4.69) is 5.32 Å². The fourth-order valence-corrected chi connectivity index (χ4v) is 1.83. The van der Waals surface area contributed by atoms with Crippen molar-refractivity contribution in [2.75, 3.05) is 26.8 Å². The van der Waals surface area contributed by atoms with Crippen molar-refractivity contribution in [1.29, 1.82) is 0 Å². The van der Waals surface area contributed by atoms with E-state index in [4.69, 9.17) is 4.74 Å². The molecule has 0 heterocycles. The molecule has 1 unspecified atom stereocenters. The van der Waals surface area contributed by atoms with Crippen LogP contribution in [0.15, 0.2) is 0 Å². The summed E-state index contributed by atoms with van der Waals surface area (Å²) < 4.78 is 43.0. The van der Waals surface area contributed by atoms with Crippen LogP contribution in [-0.2, 0) is 4.74 Å². The molecule has 1 N–H and O–H groups in total. The van der Waals surface area contributed by atoms with Crippen molar-refractivity contribution in [2.45, 2.75) is 58.4 Å². The number of nitrogens with one attached hydrogen (secondary N) is 1. The third-order valence-corrected chi connectivity index (χ3v) is 2.72. The van der Waals surface area contributed by atoms with Crippen LogP contribution in [-0.4, -0.2) is 55.5 Å². The Morgan fingerprint density at radius 3 is 2.00 bits per heavy atom. The molecule has 0 saturated carbocycles. The van der Waals surface area contributed by atoms with Gasteiger partial charge in [-0.15, -0.1) is 0 Å². The highest BCUT2D eigenvalue weighted by atomic mass is 19.4. The second-order valence-electron chi connectivity index (χ2n) is 6.12.